The van der Waals surface area contributed by atoms with E-state index in [1.807, 2.05) is 25.9 Å². The van der Waals surface area contributed by atoms with Crippen molar-refractivity contribution < 1.29 is 0 Å². The summed E-state index contributed by atoms with van der Waals surface area (Å²) in [6.07, 6.45) is 1.80. The van der Waals surface area contributed by atoms with Gasteiger partial charge in [-0.05, 0) is 18.7 Å². The normalized spacial score (nSPS) is 10.4. The molecule has 2 aromatic rings. The Kier molecular flexibility index (Phi) is 3.97. The molecule has 0 aliphatic rings. The van der Waals surface area contributed by atoms with Crippen molar-refractivity contribution in [1.82, 2.24) is 20.2 Å². The average Bonchev–Trinajstić information content (AvgIpc) is 2.81. The SMILES string of the molecule is CNc1ncc(C)c(Sc2nnc(N(C)C)s2)n1. The van der Waals surface area contributed by atoms with E-state index in [1.54, 1.807) is 24.6 Å². The Morgan fingerprint density at radius 3 is 2.72 bits per heavy atom. The number of hydrogen-bond acceptors (Lipinski definition) is 8. The van der Waals surface area contributed by atoms with Gasteiger partial charge < -0.3 is 10.2 Å². The minimum absolute atomic E-state index is 0.612. The Balaban J connectivity index is 2.22. The number of rotatable bonds is 4. The van der Waals surface area contributed by atoms with Gasteiger partial charge in [-0.25, -0.2) is 9.97 Å². The van der Waals surface area contributed by atoms with Crippen LogP contribution in [0.3, 0.4) is 0 Å². The summed E-state index contributed by atoms with van der Waals surface area (Å²) in [7, 11) is 5.70. The van der Waals surface area contributed by atoms with Gasteiger partial charge >= 0.3 is 0 Å². The molecule has 96 valence electrons. The molecular formula is C10H14N6S2. The van der Waals surface area contributed by atoms with Crippen molar-refractivity contribution in [3.8, 4) is 0 Å². The van der Waals surface area contributed by atoms with E-state index in [2.05, 4.69) is 25.5 Å². The summed E-state index contributed by atoms with van der Waals surface area (Å²) in [5.41, 5.74) is 1.03. The first-order valence-corrected chi connectivity index (χ1v) is 6.93. The molecule has 0 saturated carbocycles. The summed E-state index contributed by atoms with van der Waals surface area (Å²) in [5.74, 6) is 0.612. The van der Waals surface area contributed by atoms with Crippen molar-refractivity contribution in [2.45, 2.75) is 16.3 Å². The van der Waals surface area contributed by atoms with Crippen molar-refractivity contribution in [2.24, 2.45) is 0 Å². The zero-order chi connectivity index (χ0) is 13.1. The van der Waals surface area contributed by atoms with Crippen LogP contribution in [-0.2, 0) is 0 Å². The molecule has 0 saturated heterocycles. The van der Waals surface area contributed by atoms with Crippen molar-refractivity contribution in [3.63, 3.8) is 0 Å². The molecule has 0 unspecified atom stereocenters. The third-order valence-corrected chi connectivity index (χ3v) is 4.36. The van der Waals surface area contributed by atoms with Crippen molar-refractivity contribution >= 4 is 34.2 Å². The molecule has 6 nitrogen and oxygen atoms in total. The molecule has 2 heterocycles. The van der Waals surface area contributed by atoms with Crippen LogP contribution < -0.4 is 10.2 Å². The van der Waals surface area contributed by atoms with Gasteiger partial charge in [0.05, 0.1) is 0 Å². The zero-order valence-corrected chi connectivity index (χ0v) is 12.3. The lowest BCUT2D eigenvalue weighted by molar-refractivity contribution is 0.963. The second-order valence-corrected chi connectivity index (χ2v) is 5.97. The van der Waals surface area contributed by atoms with Gasteiger partial charge in [-0.15, -0.1) is 10.2 Å². The van der Waals surface area contributed by atoms with Crippen LogP contribution in [0.2, 0.25) is 0 Å². The molecule has 0 amide bonds. The van der Waals surface area contributed by atoms with E-state index < -0.39 is 0 Å². The smallest absolute Gasteiger partial charge is 0.223 e. The molecule has 1 N–H and O–H groups in total. The first-order valence-electron chi connectivity index (χ1n) is 5.30. The monoisotopic (exact) mass is 282 g/mol. The van der Waals surface area contributed by atoms with Crippen LogP contribution in [-0.4, -0.2) is 41.3 Å². The first kappa shape index (κ1) is 13.0. The number of anilines is 2. The number of aryl methyl sites for hydroxylation is 1. The third kappa shape index (κ3) is 2.88. The summed E-state index contributed by atoms with van der Waals surface area (Å²) < 4.78 is 0.877. The molecule has 18 heavy (non-hydrogen) atoms. The molecule has 0 atom stereocenters. The zero-order valence-electron chi connectivity index (χ0n) is 10.6. The maximum atomic E-state index is 4.41. The molecule has 8 heteroatoms. The lowest BCUT2D eigenvalue weighted by Gasteiger charge is -2.05. The van der Waals surface area contributed by atoms with E-state index in [-0.39, 0.29) is 0 Å². The van der Waals surface area contributed by atoms with Gasteiger partial charge in [0, 0.05) is 32.9 Å². The quantitative estimate of drug-likeness (QED) is 0.859. The average molecular weight is 282 g/mol. The Bertz CT molecular complexity index is 539. The molecule has 0 spiro atoms. The fraction of sp³-hybridized carbons (Fsp3) is 0.400. The molecular weight excluding hydrogens is 268 g/mol. The molecule has 0 fully saturated rings. The van der Waals surface area contributed by atoms with E-state index in [0.717, 1.165) is 20.1 Å². The van der Waals surface area contributed by atoms with Gasteiger partial charge in [0.2, 0.25) is 11.1 Å². The second-order valence-electron chi connectivity index (χ2n) is 3.78. The Labute approximate surface area is 114 Å². The van der Waals surface area contributed by atoms with Gasteiger partial charge in [-0.3, -0.25) is 0 Å². The molecule has 2 aromatic heterocycles. The van der Waals surface area contributed by atoms with E-state index in [4.69, 9.17) is 0 Å². The number of nitrogens with zero attached hydrogens (tertiary/aromatic N) is 5. The summed E-state index contributed by atoms with van der Waals surface area (Å²) in [6, 6.07) is 0. The number of nitrogens with one attached hydrogen (secondary N) is 1. The highest BCUT2D eigenvalue weighted by molar-refractivity contribution is 8.01. The van der Waals surface area contributed by atoms with Crippen molar-refractivity contribution in [1.29, 1.82) is 0 Å². The maximum absolute atomic E-state index is 4.41. The predicted molar refractivity (Wildman–Crippen MR) is 74.7 cm³/mol. The van der Waals surface area contributed by atoms with Crippen LogP contribution in [0.15, 0.2) is 15.6 Å². The largest absolute Gasteiger partial charge is 0.357 e. The van der Waals surface area contributed by atoms with Crippen LogP contribution in [0.5, 0.6) is 0 Å². The minimum Gasteiger partial charge on any atom is -0.357 e. The molecule has 0 aliphatic heterocycles. The molecule has 0 aromatic carbocycles. The topological polar surface area (TPSA) is 66.8 Å². The number of hydrogen-bond donors (Lipinski definition) is 1. The van der Waals surface area contributed by atoms with Crippen LogP contribution >= 0.6 is 23.1 Å². The maximum Gasteiger partial charge on any atom is 0.223 e. The lowest BCUT2D eigenvalue weighted by atomic mass is 10.4. The van der Waals surface area contributed by atoms with Crippen LogP contribution in [0.1, 0.15) is 5.56 Å². The third-order valence-electron chi connectivity index (χ3n) is 2.11. The standard InChI is InChI=1S/C10H14N6S2/c1-6-5-12-8(11-2)13-7(6)17-10-15-14-9(18-10)16(3)4/h5H,1-4H3,(H,11,12,13). The van der Waals surface area contributed by atoms with E-state index in [0.29, 0.717) is 5.95 Å². The summed E-state index contributed by atoms with van der Waals surface area (Å²) in [6.45, 7) is 1.98. The highest BCUT2D eigenvalue weighted by Crippen LogP contribution is 2.33. The second kappa shape index (κ2) is 5.49. The van der Waals surface area contributed by atoms with Gasteiger partial charge in [-0.1, -0.05) is 11.3 Å². The Morgan fingerprint density at radius 2 is 2.11 bits per heavy atom. The van der Waals surface area contributed by atoms with Crippen LogP contribution in [0, 0.1) is 6.92 Å². The summed E-state index contributed by atoms with van der Waals surface area (Å²) in [5, 5.41) is 13.0. The van der Waals surface area contributed by atoms with Crippen molar-refractivity contribution in [3.05, 3.63) is 11.8 Å². The molecule has 2 rings (SSSR count). The molecule has 0 bridgehead atoms. The fourth-order valence-electron chi connectivity index (χ4n) is 1.16. The van der Waals surface area contributed by atoms with Crippen LogP contribution in [0.4, 0.5) is 11.1 Å². The minimum atomic E-state index is 0.612. The van der Waals surface area contributed by atoms with Crippen LogP contribution in [0.25, 0.3) is 0 Å². The van der Waals surface area contributed by atoms with Crippen molar-refractivity contribution in [2.75, 3.05) is 31.4 Å². The Morgan fingerprint density at radius 1 is 1.33 bits per heavy atom. The van der Waals surface area contributed by atoms with E-state index in [9.17, 15) is 0 Å². The lowest BCUT2D eigenvalue weighted by Crippen LogP contribution is -2.07. The van der Waals surface area contributed by atoms with Gasteiger partial charge in [0.1, 0.15) is 5.03 Å². The summed E-state index contributed by atoms with van der Waals surface area (Å²) in [4.78, 5) is 10.5. The van der Waals surface area contributed by atoms with E-state index >= 15 is 0 Å². The van der Waals surface area contributed by atoms with Gasteiger partial charge in [0.25, 0.3) is 0 Å². The fourth-order valence-corrected chi connectivity index (χ4v) is 2.88. The summed E-state index contributed by atoms with van der Waals surface area (Å²) >= 11 is 3.05. The highest BCUT2D eigenvalue weighted by Gasteiger charge is 2.11. The van der Waals surface area contributed by atoms with Gasteiger partial charge in [-0.2, -0.15) is 0 Å². The van der Waals surface area contributed by atoms with Gasteiger partial charge in [0.15, 0.2) is 4.34 Å². The predicted octanol–water partition coefficient (Wildman–Crippen LogP) is 1.90. The molecule has 0 aliphatic carbocycles. The molecule has 0 radical (unpaired) electrons. The number of aromatic nitrogens is 4. The first-order chi connectivity index (χ1) is 8.60. The Hall–Kier alpha value is -1.41. The highest BCUT2D eigenvalue weighted by atomic mass is 32.2. The van der Waals surface area contributed by atoms with E-state index in [1.165, 1.54) is 11.8 Å².